The van der Waals surface area contributed by atoms with Crippen molar-refractivity contribution in [3.63, 3.8) is 0 Å². The molecule has 2 heterocycles. The van der Waals surface area contributed by atoms with Gasteiger partial charge in [0, 0.05) is 12.6 Å². The summed E-state index contributed by atoms with van der Waals surface area (Å²) in [5, 5.41) is 2.84. The zero-order valence-electron chi connectivity index (χ0n) is 16.4. The summed E-state index contributed by atoms with van der Waals surface area (Å²) < 4.78 is 26.6. The van der Waals surface area contributed by atoms with Crippen molar-refractivity contribution in [2.24, 2.45) is 0 Å². The Balaban J connectivity index is 1.41. The second-order valence-corrected chi connectivity index (χ2v) is 9.37. The Morgan fingerprint density at radius 3 is 2.28 bits per heavy atom. The lowest BCUT2D eigenvalue weighted by Gasteiger charge is -2.29. The van der Waals surface area contributed by atoms with Crippen LogP contribution in [0.3, 0.4) is 0 Å². The van der Waals surface area contributed by atoms with Crippen LogP contribution in [0, 0.1) is 0 Å². The zero-order valence-corrected chi connectivity index (χ0v) is 17.2. The lowest BCUT2D eigenvalue weighted by atomic mass is 10.1. The number of sulfonamides is 1. The molecule has 158 valence electrons. The smallest absolute Gasteiger partial charge is 0.261 e. The molecule has 0 aromatic heterocycles. The molecule has 1 aromatic carbocycles. The Bertz CT molecular complexity index is 859. The van der Waals surface area contributed by atoms with Crippen LogP contribution in [0.2, 0.25) is 0 Å². The van der Waals surface area contributed by atoms with Gasteiger partial charge in [0.25, 0.3) is 11.8 Å². The van der Waals surface area contributed by atoms with Crippen LogP contribution in [-0.4, -0.2) is 81.0 Å². The lowest BCUT2D eigenvalue weighted by molar-refractivity contribution is -0.120. The minimum atomic E-state index is -3.69. The number of nitrogens with one attached hydrogen (secondary N) is 2. The Kier molecular flexibility index (Phi) is 6.66. The van der Waals surface area contributed by atoms with Gasteiger partial charge in [0.1, 0.15) is 0 Å². The van der Waals surface area contributed by atoms with Crippen molar-refractivity contribution in [3.8, 4) is 0 Å². The molecule has 0 aliphatic carbocycles. The molecule has 2 N–H and O–H groups in total. The van der Waals surface area contributed by atoms with Gasteiger partial charge in [-0.25, -0.2) is 13.1 Å². The number of fused-ring (bicyclic) bond motifs is 1. The van der Waals surface area contributed by atoms with E-state index in [2.05, 4.69) is 14.9 Å². The number of hydrogen-bond donors (Lipinski definition) is 2. The maximum atomic E-state index is 12.3. The quantitative estimate of drug-likeness (QED) is 0.561. The Hall–Kier alpha value is -2.30. The third-order valence-corrected chi connectivity index (χ3v) is 6.62. The molecule has 2 aliphatic heterocycles. The predicted molar refractivity (Wildman–Crippen MR) is 107 cm³/mol. The Morgan fingerprint density at radius 2 is 1.69 bits per heavy atom. The molecule has 2 aliphatic rings. The number of rotatable bonds is 8. The molecule has 0 spiro atoms. The molecule has 1 saturated heterocycles. The van der Waals surface area contributed by atoms with Crippen LogP contribution in [0.15, 0.2) is 24.3 Å². The average Bonchev–Trinajstić information content (AvgIpc) is 2.93. The summed E-state index contributed by atoms with van der Waals surface area (Å²) in [4.78, 5) is 39.8. The third-order valence-electron chi connectivity index (χ3n) is 5.21. The van der Waals surface area contributed by atoms with Gasteiger partial charge in [0.15, 0.2) is 0 Å². The first-order chi connectivity index (χ1) is 13.8. The van der Waals surface area contributed by atoms with Crippen molar-refractivity contribution < 1.29 is 22.8 Å². The van der Waals surface area contributed by atoms with Crippen LogP contribution in [0.25, 0.3) is 0 Å². The monoisotopic (exact) mass is 422 g/mol. The van der Waals surface area contributed by atoms with Crippen LogP contribution in [0.4, 0.5) is 0 Å². The fourth-order valence-corrected chi connectivity index (χ4v) is 4.54. The van der Waals surface area contributed by atoms with E-state index in [1.165, 1.54) is 0 Å². The molecule has 3 rings (SSSR count). The van der Waals surface area contributed by atoms with Crippen LogP contribution >= 0.6 is 0 Å². The van der Waals surface area contributed by atoms with Gasteiger partial charge in [-0.1, -0.05) is 12.1 Å². The van der Waals surface area contributed by atoms with Crippen LogP contribution < -0.4 is 10.0 Å². The number of carbonyl (C=O) groups excluding carboxylic acids is 3. The second kappa shape index (κ2) is 9.02. The average molecular weight is 423 g/mol. The van der Waals surface area contributed by atoms with Crippen molar-refractivity contribution in [3.05, 3.63) is 35.4 Å². The highest BCUT2D eigenvalue weighted by atomic mass is 32.2. The van der Waals surface area contributed by atoms with E-state index in [1.807, 2.05) is 7.05 Å². The van der Waals surface area contributed by atoms with E-state index in [-0.39, 0.29) is 37.2 Å². The van der Waals surface area contributed by atoms with Gasteiger partial charge in [0.2, 0.25) is 15.9 Å². The lowest BCUT2D eigenvalue weighted by Crippen LogP contribution is -2.46. The summed E-state index contributed by atoms with van der Waals surface area (Å²) in [5.74, 6) is -1.45. The number of likely N-dealkylation sites (tertiary alicyclic amines) is 1. The van der Waals surface area contributed by atoms with Crippen molar-refractivity contribution in [1.82, 2.24) is 19.8 Å². The molecular formula is C19H26N4O5S. The van der Waals surface area contributed by atoms with Crippen molar-refractivity contribution in [2.75, 3.05) is 39.0 Å². The highest BCUT2D eigenvalue weighted by molar-refractivity contribution is 7.89. The van der Waals surface area contributed by atoms with E-state index >= 15 is 0 Å². The summed E-state index contributed by atoms with van der Waals surface area (Å²) in [6, 6.07) is 6.59. The molecule has 0 saturated carbocycles. The maximum Gasteiger partial charge on any atom is 0.261 e. The highest BCUT2D eigenvalue weighted by Crippen LogP contribution is 2.22. The topological polar surface area (TPSA) is 116 Å². The van der Waals surface area contributed by atoms with Crippen molar-refractivity contribution in [1.29, 1.82) is 0 Å². The number of hydrogen-bond acceptors (Lipinski definition) is 6. The predicted octanol–water partition coefficient (Wildman–Crippen LogP) is -0.197. The normalized spacial score (nSPS) is 18.2. The molecule has 10 heteroatoms. The van der Waals surface area contributed by atoms with Gasteiger partial charge in [-0.3, -0.25) is 19.3 Å². The number of benzene rings is 1. The van der Waals surface area contributed by atoms with E-state index in [1.54, 1.807) is 24.3 Å². The van der Waals surface area contributed by atoms with E-state index in [9.17, 15) is 22.8 Å². The van der Waals surface area contributed by atoms with E-state index in [4.69, 9.17) is 0 Å². The minimum Gasteiger partial charge on any atom is -0.352 e. The van der Waals surface area contributed by atoms with Gasteiger partial charge >= 0.3 is 0 Å². The number of amides is 3. The molecule has 0 radical (unpaired) electrons. The Labute approximate surface area is 170 Å². The SMILES string of the molecule is CN1CCC(NC(=O)CNS(=O)(=O)CCCN2C(=O)c3ccccc3C2=O)CC1. The number of carbonyl (C=O) groups is 3. The van der Waals surface area contributed by atoms with Gasteiger partial charge in [0.05, 0.1) is 23.4 Å². The first-order valence-corrected chi connectivity index (χ1v) is 11.3. The van der Waals surface area contributed by atoms with Crippen molar-refractivity contribution >= 4 is 27.7 Å². The molecule has 1 aromatic rings. The third kappa shape index (κ3) is 5.40. The van der Waals surface area contributed by atoms with Gasteiger partial charge in [-0.2, -0.15) is 0 Å². The molecule has 0 bridgehead atoms. The van der Waals surface area contributed by atoms with Gasteiger partial charge in [-0.15, -0.1) is 0 Å². The minimum absolute atomic E-state index is 0.00897. The number of imide groups is 1. The highest BCUT2D eigenvalue weighted by Gasteiger charge is 2.34. The summed E-state index contributed by atoms with van der Waals surface area (Å²) >= 11 is 0. The largest absolute Gasteiger partial charge is 0.352 e. The van der Waals surface area contributed by atoms with Crippen LogP contribution in [-0.2, 0) is 14.8 Å². The molecular weight excluding hydrogens is 396 g/mol. The summed E-state index contributed by atoms with van der Waals surface area (Å²) in [5.41, 5.74) is 0.674. The molecule has 29 heavy (non-hydrogen) atoms. The molecule has 3 amide bonds. The fraction of sp³-hybridized carbons (Fsp3) is 0.526. The van der Waals surface area contributed by atoms with E-state index in [0.717, 1.165) is 30.8 Å². The summed E-state index contributed by atoms with van der Waals surface area (Å²) in [7, 11) is -1.67. The maximum absolute atomic E-state index is 12.3. The summed E-state index contributed by atoms with van der Waals surface area (Å²) in [6.07, 6.45) is 1.78. The fourth-order valence-electron chi connectivity index (χ4n) is 3.53. The first kappa shape index (κ1) is 21.4. The van der Waals surface area contributed by atoms with E-state index < -0.39 is 21.8 Å². The summed E-state index contributed by atoms with van der Waals surface area (Å²) in [6.45, 7) is 1.49. The molecule has 1 fully saturated rings. The number of nitrogens with zero attached hydrogens (tertiary/aromatic N) is 2. The number of piperidine rings is 1. The van der Waals surface area contributed by atoms with Crippen LogP contribution in [0.5, 0.6) is 0 Å². The first-order valence-electron chi connectivity index (χ1n) is 9.67. The molecule has 0 unspecified atom stereocenters. The molecule has 9 nitrogen and oxygen atoms in total. The zero-order chi connectivity index (χ0) is 21.0. The molecule has 0 atom stereocenters. The Morgan fingerprint density at radius 1 is 1.10 bits per heavy atom. The van der Waals surface area contributed by atoms with Crippen LogP contribution in [0.1, 0.15) is 40.0 Å². The van der Waals surface area contributed by atoms with Gasteiger partial charge in [-0.05, 0) is 51.5 Å². The van der Waals surface area contributed by atoms with E-state index in [0.29, 0.717) is 11.1 Å². The van der Waals surface area contributed by atoms with Crippen molar-refractivity contribution in [2.45, 2.75) is 25.3 Å². The standard InChI is InChI=1S/C19H26N4O5S/c1-22-10-7-14(8-11-22)21-17(24)13-20-29(27,28)12-4-9-23-18(25)15-5-2-3-6-16(15)19(23)26/h2-3,5-6,14,20H,4,7-13H2,1H3,(H,21,24). The second-order valence-electron chi connectivity index (χ2n) is 7.45. The van der Waals surface area contributed by atoms with Gasteiger partial charge < -0.3 is 10.2 Å².